The van der Waals surface area contributed by atoms with Gasteiger partial charge in [0.05, 0.1) is 6.54 Å². The predicted molar refractivity (Wildman–Crippen MR) is 61.8 cm³/mol. The second kappa shape index (κ2) is 29.9. The van der Waals surface area contributed by atoms with Crippen LogP contribution in [-0.4, -0.2) is 18.9 Å². The lowest BCUT2D eigenvalue weighted by molar-refractivity contribution is -0.115. The van der Waals surface area contributed by atoms with Gasteiger partial charge in [0.2, 0.25) is 0 Å². The van der Waals surface area contributed by atoms with Crippen LogP contribution in [0, 0.1) is 0 Å². The summed E-state index contributed by atoms with van der Waals surface area (Å²) in [5, 5.41) is 0. The molecule has 0 aliphatic carbocycles. The zero-order valence-corrected chi connectivity index (χ0v) is 8.89. The summed E-state index contributed by atoms with van der Waals surface area (Å²) in [7, 11) is 0. The molecule has 0 unspecified atom stereocenters. The second-order valence-corrected chi connectivity index (χ2v) is 2.40. The Hall–Kier alpha value is -0.410. The SMILES string of the molecule is C.CC(=O)CN.CCC.CCCN. The maximum Gasteiger partial charge on any atom is 0.143 e. The van der Waals surface area contributed by atoms with E-state index in [-0.39, 0.29) is 19.8 Å². The van der Waals surface area contributed by atoms with E-state index < -0.39 is 0 Å². The molecule has 0 saturated carbocycles. The molecule has 3 heteroatoms. The Bertz CT molecular complexity index is 73.3. The van der Waals surface area contributed by atoms with Crippen molar-refractivity contribution in [1.29, 1.82) is 0 Å². The normalized spacial score (nSPS) is 6.62. The van der Waals surface area contributed by atoms with Gasteiger partial charge in [-0.3, -0.25) is 4.79 Å². The van der Waals surface area contributed by atoms with E-state index in [0.29, 0.717) is 0 Å². The molecule has 0 atom stereocenters. The van der Waals surface area contributed by atoms with Crippen molar-refractivity contribution in [3.63, 3.8) is 0 Å². The van der Waals surface area contributed by atoms with E-state index in [1.807, 2.05) is 0 Å². The van der Waals surface area contributed by atoms with Crippen LogP contribution in [0.4, 0.5) is 0 Å². The van der Waals surface area contributed by atoms with Crippen LogP contribution >= 0.6 is 0 Å². The molecule has 0 aromatic rings. The van der Waals surface area contributed by atoms with Crippen LogP contribution in [0.3, 0.4) is 0 Å². The van der Waals surface area contributed by atoms with E-state index in [2.05, 4.69) is 20.8 Å². The highest BCUT2D eigenvalue weighted by molar-refractivity contribution is 5.77. The molecule has 0 spiro atoms. The average molecular weight is 192 g/mol. The maximum atomic E-state index is 9.69. The Morgan fingerprint density at radius 3 is 1.31 bits per heavy atom. The van der Waals surface area contributed by atoms with Gasteiger partial charge in [0, 0.05) is 0 Å². The van der Waals surface area contributed by atoms with Crippen molar-refractivity contribution in [3.05, 3.63) is 0 Å². The third kappa shape index (κ3) is 159. The van der Waals surface area contributed by atoms with E-state index in [0.717, 1.165) is 13.0 Å². The Kier molecular flexibility index (Phi) is 52.8. The van der Waals surface area contributed by atoms with E-state index in [9.17, 15) is 4.79 Å². The molecular formula is C10H28N2O. The molecule has 84 valence electrons. The smallest absolute Gasteiger partial charge is 0.143 e. The fourth-order valence-corrected chi connectivity index (χ4v) is 0. The molecule has 0 aromatic carbocycles. The van der Waals surface area contributed by atoms with Gasteiger partial charge < -0.3 is 11.5 Å². The van der Waals surface area contributed by atoms with Gasteiger partial charge in [-0.2, -0.15) is 0 Å². The van der Waals surface area contributed by atoms with Gasteiger partial charge in [0.25, 0.3) is 0 Å². The molecule has 0 fully saturated rings. The molecule has 0 rings (SSSR count). The first-order chi connectivity index (χ1) is 5.60. The van der Waals surface area contributed by atoms with Gasteiger partial charge in [0.15, 0.2) is 0 Å². The number of hydrogen-bond acceptors (Lipinski definition) is 3. The molecule has 0 radical (unpaired) electrons. The van der Waals surface area contributed by atoms with Crippen LogP contribution in [0.5, 0.6) is 0 Å². The van der Waals surface area contributed by atoms with Gasteiger partial charge >= 0.3 is 0 Å². The summed E-state index contributed by atoms with van der Waals surface area (Å²) < 4.78 is 0. The Morgan fingerprint density at radius 1 is 1.15 bits per heavy atom. The van der Waals surface area contributed by atoms with Crippen LogP contribution in [-0.2, 0) is 4.79 Å². The molecule has 0 aromatic heterocycles. The number of hydrogen-bond donors (Lipinski definition) is 2. The van der Waals surface area contributed by atoms with E-state index >= 15 is 0 Å². The number of ketones is 1. The van der Waals surface area contributed by atoms with Gasteiger partial charge in [-0.1, -0.05) is 34.6 Å². The molecule has 0 heterocycles. The summed E-state index contributed by atoms with van der Waals surface area (Å²) in [5.74, 6) is 0.0324. The van der Waals surface area contributed by atoms with Crippen molar-refractivity contribution in [3.8, 4) is 0 Å². The number of carbonyl (C=O) groups is 1. The third-order valence-electron chi connectivity index (χ3n) is 0.576. The fraction of sp³-hybridized carbons (Fsp3) is 0.900. The highest BCUT2D eigenvalue weighted by Gasteiger charge is 1.76. The van der Waals surface area contributed by atoms with Crippen molar-refractivity contribution in [2.45, 2.75) is 48.0 Å². The molecule has 0 amide bonds. The highest BCUT2D eigenvalue weighted by atomic mass is 16.1. The Labute approximate surface area is 83.9 Å². The van der Waals surface area contributed by atoms with Gasteiger partial charge in [-0.05, 0) is 19.9 Å². The lowest BCUT2D eigenvalue weighted by Crippen LogP contribution is -2.07. The van der Waals surface area contributed by atoms with Crippen molar-refractivity contribution in [2.75, 3.05) is 13.1 Å². The topological polar surface area (TPSA) is 69.1 Å². The number of carbonyl (C=O) groups excluding carboxylic acids is 1. The minimum Gasteiger partial charge on any atom is -0.330 e. The second-order valence-electron chi connectivity index (χ2n) is 2.40. The molecule has 0 aliphatic rings. The highest BCUT2D eigenvalue weighted by Crippen LogP contribution is 1.57. The average Bonchev–Trinajstić information content (AvgIpc) is 2.06. The van der Waals surface area contributed by atoms with Crippen molar-refractivity contribution >= 4 is 5.78 Å². The van der Waals surface area contributed by atoms with Crippen molar-refractivity contribution in [2.24, 2.45) is 11.5 Å². The molecule has 3 nitrogen and oxygen atoms in total. The number of rotatable bonds is 2. The monoisotopic (exact) mass is 192 g/mol. The van der Waals surface area contributed by atoms with Crippen molar-refractivity contribution < 1.29 is 4.79 Å². The van der Waals surface area contributed by atoms with Crippen LogP contribution < -0.4 is 11.5 Å². The van der Waals surface area contributed by atoms with Crippen LogP contribution in [0.2, 0.25) is 0 Å². The lowest BCUT2D eigenvalue weighted by Gasteiger charge is -1.73. The van der Waals surface area contributed by atoms with Gasteiger partial charge in [0.1, 0.15) is 5.78 Å². The van der Waals surface area contributed by atoms with Crippen LogP contribution in [0.15, 0.2) is 0 Å². The fourth-order valence-electron chi connectivity index (χ4n) is 0. The van der Waals surface area contributed by atoms with E-state index in [1.54, 1.807) is 0 Å². The first-order valence-corrected chi connectivity index (χ1v) is 4.50. The summed E-state index contributed by atoms with van der Waals surface area (Å²) in [6, 6.07) is 0. The van der Waals surface area contributed by atoms with E-state index in [4.69, 9.17) is 11.5 Å². The van der Waals surface area contributed by atoms with E-state index in [1.165, 1.54) is 13.3 Å². The first-order valence-electron chi connectivity index (χ1n) is 4.50. The summed E-state index contributed by atoms with van der Waals surface area (Å²) >= 11 is 0. The van der Waals surface area contributed by atoms with Crippen molar-refractivity contribution in [1.82, 2.24) is 0 Å². The minimum atomic E-state index is 0. The molecular weight excluding hydrogens is 164 g/mol. The maximum absolute atomic E-state index is 9.69. The minimum absolute atomic E-state index is 0. The number of nitrogens with two attached hydrogens (primary N) is 2. The lowest BCUT2D eigenvalue weighted by atomic mass is 10.5. The predicted octanol–water partition coefficient (Wildman–Crippen LogP) is 1.94. The zero-order valence-electron chi connectivity index (χ0n) is 8.89. The van der Waals surface area contributed by atoms with Gasteiger partial charge in [-0.25, -0.2) is 0 Å². The number of Topliss-reactive ketones (excluding diaryl/α,β-unsaturated/α-hetero) is 1. The standard InChI is InChI=1S/C3H7NO.C3H9N.C3H8.CH4/c1-3(5)2-4;1-2-3-4;1-3-2;/h2,4H2,1H3;2-4H2,1H3;3H2,1-2H3;1H4. The van der Waals surface area contributed by atoms with Crippen LogP contribution in [0.25, 0.3) is 0 Å². The van der Waals surface area contributed by atoms with Crippen LogP contribution in [0.1, 0.15) is 48.0 Å². The zero-order chi connectivity index (χ0) is 10.4. The third-order valence-corrected chi connectivity index (χ3v) is 0.576. The quantitative estimate of drug-likeness (QED) is 0.702. The molecule has 0 aliphatic heterocycles. The Morgan fingerprint density at radius 2 is 1.31 bits per heavy atom. The molecule has 0 bridgehead atoms. The summed E-state index contributed by atoms with van der Waals surface area (Å²) in [6.07, 6.45) is 2.35. The Balaban J connectivity index is -0.0000000465. The largest absolute Gasteiger partial charge is 0.330 e. The molecule has 4 N–H and O–H groups in total. The molecule has 13 heavy (non-hydrogen) atoms. The summed E-state index contributed by atoms with van der Waals surface area (Å²) in [5.41, 5.74) is 9.85. The molecule has 0 saturated heterocycles. The summed E-state index contributed by atoms with van der Waals surface area (Å²) in [4.78, 5) is 9.69. The summed E-state index contributed by atoms with van der Waals surface area (Å²) in [6.45, 7) is 8.75. The first kappa shape index (κ1) is 22.9. The van der Waals surface area contributed by atoms with Gasteiger partial charge in [-0.15, -0.1) is 0 Å².